The highest BCUT2D eigenvalue weighted by atomic mass is 35.5. The number of thioether (sulfide) groups is 1. The third-order valence-electron chi connectivity index (χ3n) is 6.47. The molecule has 1 aromatic rings. The van der Waals surface area contributed by atoms with Crippen molar-refractivity contribution in [2.45, 2.75) is 56.6 Å². The van der Waals surface area contributed by atoms with E-state index in [-0.39, 0.29) is 41.1 Å². The van der Waals surface area contributed by atoms with Gasteiger partial charge in [0.1, 0.15) is 11.4 Å². The van der Waals surface area contributed by atoms with Gasteiger partial charge in [0, 0.05) is 25.3 Å². The molecule has 3 heterocycles. The second-order valence-electron chi connectivity index (χ2n) is 8.75. The molecule has 1 saturated carbocycles. The van der Waals surface area contributed by atoms with Crippen LogP contribution in [0.3, 0.4) is 0 Å². The van der Waals surface area contributed by atoms with Gasteiger partial charge in [0.25, 0.3) is 0 Å². The lowest BCUT2D eigenvalue weighted by Crippen LogP contribution is -2.48. The first-order valence-corrected chi connectivity index (χ1v) is 12.7. The van der Waals surface area contributed by atoms with E-state index in [1.54, 1.807) is 12.1 Å². The number of likely N-dealkylation sites (tertiary alicyclic amines) is 1. The van der Waals surface area contributed by atoms with E-state index >= 15 is 0 Å². The first kappa shape index (κ1) is 23.2. The van der Waals surface area contributed by atoms with Crippen LogP contribution in [-0.2, 0) is 14.3 Å². The van der Waals surface area contributed by atoms with Gasteiger partial charge in [-0.1, -0.05) is 18.0 Å². The van der Waals surface area contributed by atoms with E-state index in [0.29, 0.717) is 30.5 Å². The Hall–Kier alpha value is -2.00. The van der Waals surface area contributed by atoms with Gasteiger partial charge in [0.15, 0.2) is 0 Å². The summed E-state index contributed by atoms with van der Waals surface area (Å²) >= 11 is 7.07. The van der Waals surface area contributed by atoms with Crippen molar-refractivity contribution in [1.82, 2.24) is 14.8 Å². The highest BCUT2D eigenvalue weighted by Gasteiger charge is 2.48. The fourth-order valence-corrected chi connectivity index (χ4v) is 5.59. The fourth-order valence-electron chi connectivity index (χ4n) is 4.76. The molecule has 1 N–H and O–H groups in total. The molecule has 0 aromatic carbocycles. The van der Waals surface area contributed by atoms with Crippen LogP contribution in [0.4, 0.5) is 10.6 Å². The van der Waals surface area contributed by atoms with Gasteiger partial charge in [-0.15, -0.1) is 11.8 Å². The molecule has 2 saturated heterocycles. The standard InChI is InChI=1S/C22H29ClN4O4S/c23-16-4-5-18(24-12-16)25-19(28)13-32-14-20(29)26-10-6-17(7-11-26)27-15-22(31-21(27)30)8-2-1-3-9-22/h4-5,12,17H,1-3,6-11,13-15H2,(H,24,25,28). The van der Waals surface area contributed by atoms with Crippen LogP contribution in [0.25, 0.3) is 0 Å². The van der Waals surface area contributed by atoms with E-state index in [1.165, 1.54) is 24.4 Å². The third kappa shape index (κ3) is 5.67. The number of rotatable bonds is 6. The van der Waals surface area contributed by atoms with E-state index in [9.17, 15) is 14.4 Å². The van der Waals surface area contributed by atoms with E-state index in [1.807, 2.05) is 9.80 Å². The highest BCUT2D eigenvalue weighted by Crippen LogP contribution is 2.38. The maximum atomic E-state index is 12.6. The number of nitrogens with zero attached hydrogens (tertiary/aromatic N) is 3. The Morgan fingerprint density at radius 3 is 2.62 bits per heavy atom. The van der Waals surface area contributed by atoms with E-state index < -0.39 is 0 Å². The number of carbonyl (C=O) groups is 3. The van der Waals surface area contributed by atoms with Crippen LogP contribution in [0.1, 0.15) is 44.9 Å². The molecule has 0 atom stereocenters. The van der Waals surface area contributed by atoms with Crippen molar-refractivity contribution in [1.29, 1.82) is 0 Å². The summed E-state index contributed by atoms with van der Waals surface area (Å²) in [5.41, 5.74) is -0.277. The van der Waals surface area contributed by atoms with Crippen LogP contribution in [0.2, 0.25) is 5.02 Å². The SMILES string of the molecule is O=C(CSCC(=O)N1CCC(N2CC3(CCCCC3)OC2=O)CC1)Nc1ccc(Cl)cn1. The summed E-state index contributed by atoms with van der Waals surface area (Å²) in [7, 11) is 0. The zero-order valence-electron chi connectivity index (χ0n) is 18.1. The highest BCUT2D eigenvalue weighted by molar-refractivity contribution is 8.00. The molecule has 0 bridgehead atoms. The third-order valence-corrected chi connectivity index (χ3v) is 7.61. The van der Waals surface area contributed by atoms with Crippen LogP contribution in [0.15, 0.2) is 18.3 Å². The number of aromatic nitrogens is 1. The quantitative estimate of drug-likeness (QED) is 0.669. The molecule has 1 spiro atoms. The molecule has 0 radical (unpaired) electrons. The number of amides is 3. The van der Waals surface area contributed by atoms with Crippen LogP contribution in [0.5, 0.6) is 0 Å². The Morgan fingerprint density at radius 1 is 1.19 bits per heavy atom. The van der Waals surface area contributed by atoms with Crippen molar-refractivity contribution in [2.24, 2.45) is 0 Å². The molecular formula is C22H29ClN4O4S. The first-order valence-electron chi connectivity index (χ1n) is 11.2. The van der Waals surface area contributed by atoms with Crippen LogP contribution in [0, 0.1) is 0 Å². The van der Waals surface area contributed by atoms with Crippen LogP contribution in [-0.4, -0.2) is 75.5 Å². The van der Waals surface area contributed by atoms with Crippen LogP contribution < -0.4 is 5.32 Å². The van der Waals surface area contributed by atoms with Gasteiger partial charge < -0.3 is 19.9 Å². The molecule has 2 aliphatic heterocycles. The Labute approximate surface area is 197 Å². The number of hydrogen-bond acceptors (Lipinski definition) is 6. The van der Waals surface area contributed by atoms with E-state index in [4.69, 9.17) is 16.3 Å². The Balaban J connectivity index is 1.16. The summed E-state index contributed by atoms with van der Waals surface area (Å²) < 4.78 is 5.81. The summed E-state index contributed by atoms with van der Waals surface area (Å²) in [5.74, 6) is 0.679. The van der Waals surface area contributed by atoms with Gasteiger partial charge in [0.2, 0.25) is 11.8 Å². The molecule has 1 aromatic heterocycles. The fraction of sp³-hybridized carbons (Fsp3) is 0.636. The average Bonchev–Trinajstić information content (AvgIpc) is 3.11. The predicted octanol–water partition coefficient (Wildman–Crippen LogP) is 3.55. The van der Waals surface area contributed by atoms with Crippen molar-refractivity contribution in [3.05, 3.63) is 23.4 Å². The predicted molar refractivity (Wildman–Crippen MR) is 124 cm³/mol. The molecule has 3 aliphatic rings. The molecule has 174 valence electrons. The number of nitrogens with one attached hydrogen (secondary N) is 1. The van der Waals surface area contributed by atoms with Gasteiger partial charge in [-0.25, -0.2) is 9.78 Å². The van der Waals surface area contributed by atoms with Gasteiger partial charge in [-0.3, -0.25) is 9.59 Å². The number of hydrogen-bond donors (Lipinski definition) is 1. The lowest BCUT2D eigenvalue weighted by atomic mass is 9.84. The van der Waals surface area contributed by atoms with Crippen molar-refractivity contribution in [3.63, 3.8) is 0 Å². The zero-order chi connectivity index (χ0) is 22.6. The topological polar surface area (TPSA) is 91.8 Å². The smallest absolute Gasteiger partial charge is 0.410 e. The monoisotopic (exact) mass is 480 g/mol. The molecule has 3 fully saturated rings. The summed E-state index contributed by atoms with van der Waals surface area (Å²) in [6.45, 7) is 1.95. The van der Waals surface area contributed by atoms with Gasteiger partial charge in [-0.2, -0.15) is 0 Å². The van der Waals surface area contributed by atoms with E-state index in [0.717, 1.165) is 38.5 Å². The maximum Gasteiger partial charge on any atom is 0.410 e. The summed E-state index contributed by atoms with van der Waals surface area (Å²) in [4.78, 5) is 44.8. The van der Waals surface area contributed by atoms with Crippen molar-refractivity contribution >= 4 is 47.1 Å². The minimum Gasteiger partial charge on any atom is -0.441 e. The van der Waals surface area contributed by atoms with E-state index in [2.05, 4.69) is 10.3 Å². The largest absolute Gasteiger partial charge is 0.441 e. The van der Waals surface area contributed by atoms with Gasteiger partial charge in [-0.05, 0) is 50.7 Å². The first-order chi connectivity index (χ1) is 15.4. The lowest BCUT2D eigenvalue weighted by molar-refractivity contribution is -0.129. The number of carbonyl (C=O) groups excluding carboxylic acids is 3. The minimum absolute atomic E-state index is 0.0265. The molecule has 4 rings (SSSR count). The molecular weight excluding hydrogens is 452 g/mol. The van der Waals surface area contributed by atoms with Gasteiger partial charge in [0.05, 0.1) is 23.1 Å². The Kier molecular flexibility index (Phi) is 7.45. The Morgan fingerprint density at radius 2 is 1.94 bits per heavy atom. The second kappa shape index (κ2) is 10.3. The summed E-state index contributed by atoms with van der Waals surface area (Å²) in [6, 6.07) is 3.42. The molecule has 8 nitrogen and oxygen atoms in total. The summed E-state index contributed by atoms with van der Waals surface area (Å²) in [6.07, 6.45) is 8.21. The van der Waals surface area contributed by atoms with Gasteiger partial charge >= 0.3 is 6.09 Å². The molecule has 0 unspecified atom stereocenters. The van der Waals surface area contributed by atoms with Crippen molar-refractivity contribution < 1.29 is 19.1 Å². The Bertz CT molecular complexity index is 839. The molecule has 10 heteroatoms. The number of halogens is 1. The maximum absolute atomic E-state index is 12.6. The average molecular weight is 481 g/mol. The zero-order valence-corrected chi connectivity index (χ0v) is 19.6. The minimum atomic E-state index is -0.277. The number of piperidine rings is 1. The number of anilines is 1. The second-order valence-corrected chi connectivity index (χ2v) is 10.2. The normalized spacial score (nSPS) is 21.0. The van der Waals surface area contributed by atoms with Crippen molar-refractivity contribution in [3.8, 4) is 0 Å². The number of pyridine rings is 1. The van der Waals surface area contributed by atoms with Crippen molar-refractivity contribution in [2.75, 3.05) is 36.5 Å². The summed E-state index contributed by atoms with van der Waals surface area (Å²) in [5, 5.41) is 3.19. The van der Waals surface area contributed by atoms with Crippen LogP contribution >= 0.6 is 23.4 Å². The molecule has 3 amide bonds. The molecule has 1 aliphatic carbocycles. The number of ether oxygens (including phenoxy) is 1. The lowest BCUT2D eigenvalue weighted by Gasteiger charge is -2.36. The molecule has 32 heavy (non-hydrogen) atoms.